The van der Waals surface area contributed by atoms with Crippen molar-refractivity contribution in [2.75, 3.05) is 4.90 Å². The fourth-order valence-corrected chi connectivity index (χ4v) is 11.0. The summed E-state index contributed by atoms with van der Waals surface area (Å²) < 4.78 is 6.18. The number of pyridine rings is 1. The standard InChI is InChI=1S/C65H40N2O/c1-3-15-53-49(13-1)51-17-5-7-20-56(51)63-47(22-11-24-58(53)63)41-27-33-44(34-28-41)67(46-37-31-43(32-38-46)61-40-39-60-55-19-9-10-26-62(55)68-65(60)66-61)45-35-29-42(30-36-45)48-23-12-25-59-54-16-4-2-14-50(54)52-18-6-8-21-57(52)64(48)59/h1-40H. The zero-order chi connectivity index (χ0) is 44.7. The van der Waals surface area contributed by atoms with E-state index in [0.717, 1.165) is 44.7 Å². The fraction of sp³-hybridized carbons (Fsp3) is 0. The molecule has 0 aliphatic heterocycles. The number of rotatable bonds is 6. The maximum absolute atomic E-state index is 6.18. The molecule has 0 bridgehead atoms. The summed E-state index contributed by atoms with van der Waals surface area (Å²) in [7, 11) is 0. The van der Waals surface area contributed by atoms with Crippen LogP contribution in [-0.2, 0) is 0 Å². The van der Waals surface area contributed by atoms with Gasteiger partial charge in [0.05, 0.1) is 5.69 Å². The van der Waals surface area contributed by atoms with Crippen LogP contribution in [0.4, 0.5) is 17.1 Å². The van der Waals surface area contributed by atoms with Gasteiger partial charge in [0.1, 0.15) is 5.58 Å². The first-order valence-corrected chi connectivity index (χ1v) is 23.3. The Morgan fingerprint density at radius 1 is 0.265 bits per heavy atom. The van der Waals surface area contributed by atoms with Crippen LogP contribution in [0.1, 0.15) is 0 Å². The van der Waals surface area contributed by atoms with Gasteiger partial charge in [-0.05, 0) is 141 Å². The van der Waals surface area contributed by atoms with E-state index < -0.39 is 0 Å². The van der Waals surface area contributed by atoms with Crippen LogP contribution < -0.4 is 4.90 Å². The van der Waals surface area contributed by atoms with Gasteiger partial charge in [0.15, 0.2) is 0 Å². The molecule has 2 heterocycles. The van der Waals surface area contributed by atoms with Crippen LogP contribution in [0, 0.1) is 0 Å². The molecule has 14 aromatic rings. The normalized spacial score (nSPS) is 11.8. The predicted molar refractivity (Wildman–Crippen MR) is 288 cm³/mol. The molecule has 12 aromatic carbocycles. The lowest BCUT2D eigenvalue weighted by molar-refractivity contribution is 0.654. The number of fused-ring (bicyclic) bond motifs is 15. The van der Waals surface area contributed by atoms with Crippen LogP contribution in [-0.4, -0.2) is 4.98 Å². The van der Waals surface area contributed by atoms with Crippen molar-refractivity contribution in [3.63, 3.8) is 0 Å². The lowest BCUT2D eigenvalue weighted by Crippen LogP contribution is -2.09. The highest BCUT2D eigenvalue weighted by Gasteiger charge is 2.18. The first-order chi connectivity index (χ1) is 33.7. The number of para-hydroxylation sites is 1. The molecule has 0 N–H and O–H groups in total. The summed E-state index contributed by atoms with van der Waals surface area (Å²) in [5.74, 6) is 0. The predicted octanol–water partition coefficient (Wildman–Crippen LogP) is 18.4. The maximum atomic E-state index is 6.18. The van der Waals surface area contributed by atoms with E-state index in [2.05, 4.69) is 229 Å². The number of furan rings is 1. The number of hydrogen-bond donors (Lipinski definition) is 0. The van der Waals surface area contributed by atoms with Crippen LogP contribution in [0.3, 0.4) is 0 Å². The molecule has 0 atom stereocenters. The first-order valence-electron chi connectivity index (χ1n) is 23.3. The second kappa shape index (κ2) is 15.3. The zero-order valence-electron chi connectivity index (χ0n) is 36.9. The van der Waals surface area contributed by atoms with Crippen LogP contribution >= 0.6 is 0 Å². The molecule has 68 heavy (non-hydrogen) atoms. The van der Waals surface area contributed by atoms with Gasteiger partial charge in [-0.2, -0.15) is 0 Å². The van der Waals surface area contributed by atoms with E-state index >= 15 is 0 Å². The average molecular weight is 865 g/mol. The number of hydrogen-bond acceptors (Lipinski definition) is 3. The molecule has 0 saturated carbocycles. The molecule has 0 spiro atoms. The second-order valence-electron chi connectivity index (χ2n) is 17.8. The van der Waals surface area contributed by atoms with Crippen molar-refractivity contribution in [2.45, 2.75) is 0 Å². The highest BCUT2D eigenvalue weighted by atomic mass is 16.3. The molecule has 3 heteroatoms. The third-order valence-corrected chi connectivity index (χ3v) is 14.1. The summed E-state index contributed by atoms with van der Waals surface area (Å²) >= 11 is 0. The van der Waals surface area contributed by atoms with Crippen molar-refractivity contribution in [1.29, 1.82) is 0 Å². The molecule has 0 fully saturated rings. The number of nitrogens with zero attached hydrogens (tertiary/aromatic N) is 2. The third kappa shape index (κ3) is 5.96. The molecular weight excluding hydrogens is 825 g/mol. The molecule has 0 aliphatic carbocycles. The molecule has 0 saturated heterocycles. The van der Waals surface area contributed by atoms with Gasteiger partial charge in [-0.25, -0.2) is 4.98 Å². The van der Waals surface area contributed by atoms with E-state index in [1.807, 2.05) is 18.2 Å². The average Bonchev–Trinajstić information content (AvgIpc) is 3.79. The van der Waals surface area contributed by atoms with Gasteiger partial charge in [-0.15, -0.1) is 0 Å². The van der Waals surface area contributed by atoms with Crippen molar-refractivity contribution in [2.24, 2.45) is 0 Å². The Labute approximate surface area is 392 Å². The topological polar surface area (TPSA) is 29.3 Å². The summed E-state index contributed by atoms with van der Waals surface area (Å²) in [5, 5.41) is 17.4. The summed E-state index contributed by atoms with van der Waals surface area (Å²) in [5.41, 5.74) is 11.4. The molecule has 0 radical (unpaired) electrons. The third-order valence-electron chi connectivity index (χ3n) is 14.1. The van der Waals surface area contributed by atoms with Crippen molar-refractivity contribution in [3.8, 4) is 33.5 Å². The van der Waals surface area contributed by atoms with Gasteiger partial charge < -0.3 is 9.32 Å². The van der Waals surface area contributed by atoms with E-state index in [9.17, 15) is 0 Å². The molecule has 2 aromatic heterocycles. The molecule has 316 valence electrons. The van der Waals surface area contributed by atoms with Crippen molar-refractivity contribution in [3.05, 3.63) is 243 Å². The Balaban J connectivity index is 0.896. The molecule has 0 unspecified atom stereocenters. The van der Waals surface area contributed by atoms with E-state index in [1.165, 1.54) is 86.9 Å². The molecule has 0 aliphatic rings. The lowest BCUT2D eigenvalue weighted by atomic mass is 9.89. The lowest BCUT2D eigenvalue weighted by Gasteiger charge is -2.26. The Kier molecular flexibility index (Phi) is 8.59. The van der Waals surface area contributed by atoms with Crippen LogP contribution in [0.15, 0.2) is 247 Å². The van der Waals surface area contributed by atoms with E-state index in [1.54, 1.807) is 0 Å². The monoisotopic (exact) mass is 864 g/mol. The summed E-state index contributed by atoms with van der Waals surface area (Å²) in [6.45, 7) is 0. The molecule has 3 nitrogen and oxygen atoms in total. The number of benzene rings is 12. The molecular formula is C65H40N2O. The van der Waals surface area contributed by atoms with Gasteiger partial charge in [0.25, 0.3) is 0 Å². The van der Waals surface area contributed by atoms with Crippen LogP contribution in [0.5, 0.6) is 0 Å². The van der Waals surface area contributed by atoms with E-state index in [0.29, 0.717) is 5.71 Å². The van der Waals surface area contributed by atoms with Gasteiger partial charge in [-0.3, -0.25) is 0 Å². The largest absolute Gasteiger partial charge is 0.438 e. The number of anilines is 3. The molecule has 0 amide bonds. The minimum absolute atomic E-state index is 0.648. The highest BCUT2D eigenvalue weighted by molar-refractivity contribution is 6.29. The minimum Gasteiger partial charge on any atom is -0.438 e. The zero-order valence-corrected chi connectivity index (χ0v) is 36.9. The van der Waals surface area contributed by atoms with Gasteiger partial charge >= 0.3 is 0 Å². The van der Waals surface area contributed by atoms with Gasteiger partial charge in [0, 0.05) is 33.4 Å². The maximum Gasteiger partial charge on any atom is 0.227 e. The smallest absolute Gasteiger partial charge is 0.227 e. The molecule has 14 rings (SSSR count). The van der Waals surface area contributed by atoms with Gasteiger partial charge in [-0.1, -0.05) is 188 Å². The minimum atomic E-state index is 0.648. The number of aromatic nitrogens is 1. The second-order valence-corrected chi connectivity index (χ2v) is 17.8. The Morgan fingerprint density at radius 3 is 1.06 bits per heavy atom. The van der Waals surface area contributed by atoms with Gasteiger partial charge in [0.2, 0.25) is 5.71 Å². The van der Waals surface area contributed by atoms with E-state index in [-0.39, 0.29) is 0 Å². The SMILES string of the molecule is c1ccc2c(c1)oc1nc(-c3ccc(N(c4ccc(-c5cccc6c7ccccc7c7ccccc7c56)cc4)c4ccc(-c5cccc6c7ccccc7c7ccccc7c56)cc4)cc3)ccc12. The quantitative estimate of drug-likeness (QED) is 0.156. The van der Waals surface area contributed by atoms with Crippen LogP contribution in [0.25, 0.3) is 120 Å². The van der Waals surface area contributed by atoms with E-state index in [4.69, 9.17) is 9.40 Å². The van der Waals surface area contributed by atoms with Crippen molar-refractivity contribution >= 4 is 104 Å². The Bertz CT molecular complexity index is 4010. The summed E-state index contributed by atoms with van der Waals surface area (Å²) in [6.07, 6.45) is 0. The first kappa shape index (κ1) is 38.2. The van der Waals surface area contributed by atoms with Crippen molar-refractivity contribution in [1.82, 2.24) is 4.98 Å². The summed E-state index contributed by atoms with van der Waals surface area (Å²) in [4.78, 5) is 7.34. The van der Waals surface area contributed by atoms with Crippen LogP contribution in [0.2, 0.25) is 0 Å². The highest BCUT2D eigenvalue weighted by Crippen LogP contribution is 2.44. The van der Waals surface area contributed by atoms with Crippen molar-refractivity contribution < 1.29 is 4.42 Å². The Morgan fingerprint density at radius 2 is 0.618 bits per heavy atom. The summed E-state index contributed by atoms with van der Waals surface area (Å²) in [6, 6.07) is 87.9. The fourth-order valence-electron chi connectivity index (χ4n) is 11.0. The Hall–Kier alpha value is -9.05.